The number of likely N-dealkylation sites (N-methyl/N-ethyl adjacent to an activating group) is 1. The number of Topliss-reactive ketones (excluding diaryl/α,β-unsaturated/α-hetero) is 1. The minimum Gasteiger partial charge on any atom is -0.378 e. The lowest BCUT2D eigenvalue weighted by Gasteiger charge is -2.30. The van der Waals surface area contributed by atoms with Gasteiger partial charge in [-0.2, -0.15) is 8.78 Å². The summed E-state index contributed by atoms with van der Waals surface area (Å²) in [6, 6.07) is -0.956. The van der Waals surface area contributed by atoms with E-state index in [1.807, 2.05) is 0 Å². The summed E-state index contributed by atoms with van der Waals surface area (Å²) >= 11 is 2.92. The molecule has 2 atom stereocenters. The zero-order valence-electron chi connectivity index (χ0n) is 9.92. The van der Waals surface area contributed by atoms with E-state index < -0.39 is 30.2 Å². The molecule has 0 aliphatic carbocycles. The Morgan fingerprint density at radius 1 is 1.42 bits per heavy atom. The highest BCUT2D eigenvalue weighted by atomic mass is 79.9. The molecule has 0 bridgehead atoms. The Morgan fingerprint density at radius 3 is 2.47 bits per heavy atom. The van der Waals surface area contributed by atoms with Crippen molar-refractivity contribution in [2.45, 2.75) is 18.4 Å². The topological polar surface area (TPSA) is 46.6 Å². The van der Waals surface area contributed by atoms with Crippen LogP contribution in [0.25, 0.3) is 0 Å². The van der Waals surface area contributed by atoms with Gasteiger partial charge in [0.05, 0.1) is 30.5 Å². The Bertz CT molecular complexity index is 367. The Labute approximate surface area is 115 Å². The van der Waals surface area contributed by atoms with Crippen molar-refractivity contribution in [3.05, 3.63) is 0 Å². The molecule has 1 heterocycles. The highest BCUT2D eigenvalue weighted by Gasteiger charge is 2.53. The van der Waals surface area contributed by atoms with Gasteiger partial charge in [0.25, 0.3) is 5.91 Å². The van der Waals surface area contributed by atoms with Crippen molar-refractivity contribution in [1.29, 1.82) is 0 Å². The third-order valence-corrected chi connectivity index (χ3v) is 3.53. The summed E-state index contributed by atoms with van der Waals surface area (Å²) in [5.74, 6) is -7.89. The molecule has 4 nitrogen and oxygen atoms in total. The Morgan fingerprint density at radius 2 is 2.00 bits per heavy atom. The molecule has 1 aliphatic heterocycles. The van der Waals surface area contributed by atoms with E-state index >= 15 is 0 Å². The van der Waals surface area contributed by atoms with Crippen LogP contribution >= 0.6 is 15.9 Å². The van der Waals surface area contributed by atoms with Crippen LogP contribution in [0.1, 0.15) is 0 Å². The van der Waals surface area contributed by atoms with E-state index in [9.17, 15) is 27.2 Å². The lowest BCUT2D eigenvalue weighted by molar-refractivity contribution is -0.181. The van der Waals surface area contributed by atoms with Crippen molar-refractivity contribution in [3.63, 3.8) is 0 Å². The first-order valence-corrected chi connectivity index (χ1v) is 6.45. The van der Waals surface area contributed by atoms with Crippen molar-refractivity contribution < 1.29 is 31.9 Å². The molecular formula is C10H12BrF4NO3. The van der Waals surface area contributed by atoms with Crippen molar-refractivity contribution in [2.75, 3.05) is 25.6 Å². The summed E-state index contributed by atoms with van der Waals surface area (Å²) in [7, 11) is 0.965. The maximum absolute atomic E-state index is 13.0. The highest BCUT2D eigenvalue weighted by molar-refractivity contribution is 9.09. The van der Waals surface area contributed by atoms with Crippen LogP contribution in [0.4, 0.5) is 17.6 Å². The third kappa shape index (κ3) is 3.25. The van der Waals surface area contributed by atoms with Gasteiger partial charge in [-0.25, -0.2) is 8.78 Å². The summed E-state index contributed by atoms with van der Waals surface area (Å²) in [4.78, 5) is 23.4. The number of alkyl halides is 5. The number of hydrogen-bond acceptors (Lipinski definition) is 3. The van der Waals surface area contributed by atoms with Gasteiger partial charge in [-0.3, -0.25) is 9.59 Å². The molecule has 0 saturated carbocycles. The van der Waals surface area contributed by atoms with Gasteiger partial charge in [-0.15, -0.1) is 0 Å². The van der Waals surface area contributed by atoms with Crippen LogP contribution in [0.5, 0.6) is 0 Å². The third-order valence-electron chi connectivity index (χ3n) is 2.97. The van der Waals surface area contributed by atoms with E-state index in [2.05, 4.69) is 15.9 Å². The fourth-order valence-corrected chi connectivity index (χ4v) is 2.23. The molecule has 1 rings (SSSR count). The molecule has 0 aromatic rings. The summed E-state index contributed by atoms with van der Waals surface area (Å²) in [5, 5.41) is -0.0230. The molecular weight excluding hydrogens is 338 g/mol. The van der Waals surface area contributed by atoms with Crippen LogP contribution < -0.4 is 0 Å². The summed E-state index contributed by atoms with van der Waals surface area (Å²) in [6.07, 6.45) is -4.09. The number of amides is 1. The minimum absolute atomic E-state index is 0.0209. The average Bonchev–Trinajstić information content (AvgIpc) is 2.84. The van der Waals surface area contributed by atoms with E-state index in [-0.39, 0.29) is 24.3 Å². The smallest absolute Gasteiger partial charge is 0.378 e. The predicted octanol–water partition coefficient (Wildman–Crippen LogP) is 1.32. The number of nitrogens with zero attached hydrogens (tertiary/aromatic N) is 1. The molecule has 0 spiro atoms. The van der Waals surface area contributed by atoms with E-state index in [1.54, 1.807) is 0 Å². The SMILES string of the molecule is CN(C(=O)C(F)(F)C(F)F)C1COCC1C(=O)CBr. The molecule has 9 heteroatoms. The predicted molar refractivity (Wildman–Crippen MR) is 60.6 cm³/mol. The van der Waals surface area contributed by atoms with Crippen LogP contribution in [0.15, 0.2) is 0 Å². The Kier molecular flexibility index (Phi) is 5.31. The molecule has 0 aromatic heterocycles. The van der Waals surface area contributed by atoms with E-state index in [0.717, 1.165) is 7.05 Å². The lowest BCUT2D eigenvalue weighted by atomic mass is 9.98. The number of carbonyl (C=O) groups is 2. The molecule has 110 valence electrons. The Hall–Kier alpha value is -0.700. The van der Waals surface area contributed by atoms with Gasteiger partial charge in [-0.05, 0) is 0 Å². The summed E-state index contributed by atoms with van der Waals surface area (Å²) in [6.45, 7) is -0.155. The van der Waals surface area contributed by atoms with Gasteiger partial charge < -0.3 is 9.64 Å². The van der Waals surface area contributed by atoms with Gasteiger partial charge >= 0.3 is 12.3 Å². The maximum Gasteiger partial charge on any atom is 0.383 e. The molecule has 1 saturated heterocycles. The van der Waals surface area contributed by atoms with Crippen LogP contribution in [0.2, 0.25) is 0 Å². The lowest BCUT2D eigenvalue weighted by Crippen LogP contribution is -2.52. The maximum atomic E-state index is 13.0. The molecule has 0 radical (unpaired) electrons. The molecule has 2 unspecified atom stereocenters. The zero-order valence-corrected chi connectivity index (χ0v) is 11.5. The van der Waals surface area contributed by atoms with Gasteiger partial charge in [-0.1, -0.05) is 15.9 Å². The molecule has 19 heavy (non-hydrogen) atoms. The number of halogens is 5. The van der Waals surface area contributed by atoms with Gasteiger partial charge in [0.15, 0.2) is 5.78 Å². The second-order valence-corrected chi connectivity index (χ2v) is 4.71. The van der Waals surface area contributed by atoms with Gasteiger partial charge in [0, 0.05) is 7.05 Å². The molecule has 0 aromatic carbocycles. The van der Waals surface area contributed by atoms with Gasteiger partial charge in [0.2, 0.25) is 0 Å². The largest absolute Gasteiger partial charge is 0.383 e. The first kappa shape index (κ1) is 16.4. The first-order chi connectivity index (χ1) is 8.73. The minimum atomic E-state index is -4.76. The van der Waals surface area contributed by atoms with Crippen molar-refractivity contribution >= 4 is 27.6 Å². The van der Waals surface area contributed by atoms with Crippen LogP contribution in [0, 0.1) is 5.92 Å². The van der Waals surface area contributed by atoms with E-state index in [1.165, 1.54) is 0 Å². The quantitative estimate of drug-likeness (QED) is 0.555. The second kappa shape index (κ2) is 6.17. The van der Waals surface area contributed by atoms with Crippen molar-refractivity contribution in [3.8, 4) is 0 Å². The van der Waals surface area contributed by atoms with Gasteiger partial charge in [0.1, 0.15) is 0 Å². The number of carbonyl (C=O) groups excluding carboxylic acids is 2. The van der Waals surface area contributed by atoms with Crippen LogP contribution in [-0.2, 0) is 14.3 Å². The average molecular weight is 350 g/mol. The van der Waals surface area contributed by atoms with Crippen LogP contribution in [0.3, 0.4) is 0 Å². The summed E-state index contributed by atoms with van der Waals surface area (Å²) in [5.41, 5.74) is 0. The van der Waals surface area contributed by atoms with Crippen LogP contribution in [-0.4, -0.2) is 60.6 Å². The van der Waals surface area contributed by atoms with E-state index in [4.69, 9.17) is 4.74 Å². The number of ether oxygens (including phenoxy) is 1. The van der Waals surface area contributed by atoms with E-state index in [0.29, 0.717) is 4.90 Å². The number of ketones is 1. The molecule has 1 aliphatic rings. The normalized spacial score (nSPS) is 23.7. The monoisotopic (exact) mass is 349 g/mol. The fourth-order valence-electron chi connectivity index (χ4n) is 1.81. The Balaban J connectivity index is 2.85. The zero-order chi connectivity index (χ0) is 14.8. The highest BCUT2D eigenvalue weighted by Crippen LogP contribution is 2.28. The molecule has 1 amide bonds. The first-order valence-electron chi connectivity index (χ1n) is 5.33. The van der Waals surface area contributed by atoms with Crippen molar-refractivity contribution in [2.24, 2.45) is 5.92 Å². The standard InChI is InChI=1S/C10H12BrF4NO3/c1-16(9(18)10(14,15)8(12)13)6-4-19-3-5(6)7(17)2-11/h5-6,8H,2-4H2,1H3. The fraction of sp³-hybridized carbons (Fsp3) is 0.800. The number of hydrogen-bond donors (Lipinski definition) is 0. The summed E-state index contributed by atoms with van der Waals surface area (Å²) < 4.78 is 55.2. The molecule has 1 fully saturated rings. The molecule has 0 N–H and O–H groups in total. The number of rotatable bonds is 5. The second-order valence-electron chi connectivity index (χ2n) is 4.15. The van der Waals surface area contributed by atoms with Crippen molar-refractivity contribution in [1.82, 2.24) is 4.90 Å².